The van der Waals surface area contributed by atoms with Gasteiger partial charge in [0.05, 0.1) is 29.2 Å². The normalized spacial score (nSPS) is 13.5. The Labute approximate surface area is 183 Å². The van der Waals surface area contributed by atoms with Gasteiger partial charge < -0.3 is 14.7 Å². The molecule has 1 aromatic heterocycles. The van der Waals surface area contributed by atoms with Crippen molar-refractivity contribution in [2.24, 2.45) is 10.9 Å². The number of amides is 1. The lowest BCUT2D eigenvalue weighted by atomic mass is 10.0. The van der Waals surface area contributed by atoms with Crippen molar-refractivity contribution in [3.05, 3.63) is 59.3 Å². The molecule has 0 atom stereocenters. The number of aromatic nitrogens is 1. The number of anilines is 2. The number of rotatable bonds is 5. The Morgan fingerprint density at radius 2 is 1.90 bits per heavy atom. The molecule has 0 saturated heterocycles. The van der Waals surface area contributed by atoms with Gasteiger partial charge in [0.1, 0.15) is 0 Å². The van der Waals surface area contributed by atoms with Gasteiger partial charge in [-0.1, -0.05) is 37.2 Å². The second kappa shape index (κ2) is 8.38. The molecule has 1 N–H and O–H groups in total. The van der Waals surface area contributed by atoms with E-state index in [2.05, 4.69) is 49.3 Å². The Kier molecular flexibility index (Phi) is 5.63. The maximum Gasteiger partial charge on any atom is 0.230 e. The molecule has 2 heterocycles. The molecule has 0 saturated carbocycles. The Bertz CT molecular complexity index is 1160. The molecule has 1 aliphatic rings. The first kappa shape index (κ1) is 20.8. The maximum atomic E-state index is 12.6. The lowest BCUT2D eigenvalue weighted by molar-refractivity contribution is -0.115. The zero-order valence-electron chi connectivity index (χ0n) is 18.7. The molecular formula is C25H28N4O2. The highest BCUT2D eigenvalue weighted by Gasteiger charge is 2.20. The molecule has 160 valence electrons. The van der Waals surface area contributed by atoms with Gasteiger partial charge in [-0.25, -0.2) is 0 Å². The van der Waals surface area contributed by atoms with Gasteiger partial charge in [0, 0.05) is 30.9 Å². The molecule has 0 fully saturated rings. The van der Waals surface area contributed by atoms with Crippen LogP contribution < -0.4 is 10.2 Å². The zero-order chi connectivity index (χ0) is 22.1. The van der Waals surface area contributed by atoms with E-state index in [9.17, 15) is 4.79 Å². The predicted octanol–water partition coefficient (Wildman–Crippen LogP) is 5.51. The van der Waals surface area contributed by atoms with Gasteiger partial charge in [-0.2, -0.15) is 0 Å². The maximum absolute atomic E-state index is 12.6. The number of carbonyl (C=O) groups excluding carboxylic acids is 1. The first-order chi connectivity index (χ1) is 14.8. The van der Waals surface area contributed by atoms with Crippen molar-refractivity contribution in [1.29, 1.82) is 0 Å². The van der Waals surface area contributed by atoms with E-state index in [1.165, 1.54) is 0 Å². The summed E-state index contributed by atoms with van der Waals surface area (Å²) in [6.07, 6.45) is 0.212. The molecule has 3 aromatic rings. The number of nitrogens with one attached hydrogen (secondary N) is 1. The van der Waals surface area contributed by atoms with Crippen LogP contribution in [0, 0.1) is 19.8 Å². The average Bonchev–Trinajstić information content (AvgIpc) is 3.07. The first-order valence-electron chi connectivity index (χ1n) is 10.6. The lowest BCUT2D eigenvalue weighted by Crippen LogP contribution is -2.23. The van der Waals surface area contributed by atoms with Crippen LogP contribution in [-0.2, 0) is 4.79 Å². The van der Waals surface area contributed by atoms with Crippen molar-refractivity contribution in [3.8, 4) is 11.3 Å². The van der Waals surface area contributed by atoms with Crippen molar-refractivity contribution in [2.75, 3.05) is 23.8 Å². The number of fused-ring (bicyclic) bond motifs is 1. The summed E-state index contributed by atoms with van der Waals surface area (Å²) in [5.41, 5.74) is 7.13. The SMILES string of the molecule is Cc1cc(-c2cccc(C3=Nc4cc(N(C)CC(C)C)c(C)cc4NC(=O)C3)c2)on1. The monoisotopic (exact) mass is 416 g/mol. The summed E-state index contributed by atoms with van der Waals surface area (Å²) in [5, 5.41) is 6.99. The molecule has 31 heavy (non-hydrogen) atoms. The van der Waals surface area contributed by atoms with Gasteiger partial charge in [-0.15, -0.1) is 0 Å². The molecule has 4 rings (SSSR count). The number of hydrogen-bond acceptors (Lipinski definition) is 5. The highest BCUT2D eigenvalue weighted by Crippen LogP contribution is 2.36. The molecule has 0 radical (unpaired) electrons. The molecule has 1 aliphatic heterocycles. The van der Waals surface area contributed by atoms with Gasteiger partial charge in [0.15, 0.2) is 5.76 Å². The highest BCUT2D eigenvalue weighted by molar-refractivity contribution is 6.17. The second-order valence-electron chi connectivity index (χ2n) is 8.63. The molecule has 0 unspecified atom stereocenters. The van der Waals surface area contributed by atoms with Crippen LogP contribution in [-0.4, -0.2) is 30.4 Å². The van der Waals surface area contributed by atoms with Crippen LogP contribution in [0.15, 0.2) is 52.0 Å². The molecule has 2 aromatic carbocycles. The Balaban J connectivity index is 1.76. The molecular weight excluding hydrogens is 388 g/mol. The summed E-state index contributed by atoms with van der Waals surface area (Å²) >= 11 is 0. The largest absolute Gasteiger partial charge is 0.374 e. The first-order valence-corrected chi connectivity index (χ1v) is 10.6. The average molecular weight is 417 g/mol. The summed E-state index contributed by atoms with van der Waals surface area (Å²) in [6, 6.07) is 13.9. The number of aliphatic imine (C=N–C) groups is 1. The second-order valence-corrected chi connectivity index (χ2v) is 8.63. The molecule has 0 spiro atoms. The highest BCUT2D eigenvalue weighted by atomic mass is 16.5. The fourth-order valence-corrected chi connectivity index (χ4v) is 3.99. The van der Waals surface area contributed by atoms with Gasteiger partial charge in [-0.3, -0.25) is 9.79 Å². The molecule has 6 nitrogen and oxygen atoms in total. The van der Waals surface area contributed by atoms with E-state index < -0.39 is 0 Å². The molecule has 6 heteroatoms. The van der Waals surface area contributed by atoms with E-state index in [4.69, 9.17) is 9.52 Å². The van der Waals surface area contributed by atoms with Crippen molar-refractivity contribution in [2.45, 2.75) is 34.1 Å². The van der Waals surface area contributed by atoms with E-state index in [-0.39, 0.29) is 12.3 Å². The number of nitrogens with zero attached hydrogens (tertiary/aromatic N) is 3. The van der Waals surface area contributed by atoms with Crippen LogP contribution in [0.25, 0.3) is 11.3 Å². The van der Waals surface area contributed by atoms with E-state index in [0.717, 1.165) is 51.7 Å². The smallest absolute Gasteiger partial charge is 0.230 e. The minimum Gasteiger partial charge on any atom is -0.374 e. The van der Waals surface area contributed by atoms with E-state index in [1.54, 1.807) is 0 Å². The summed E-state index contributed by atoms with van der Waals surface area (Å²) in [7, 11) is 2.09. The fourth-order valence-electron chi connectivity index (χ4n) is 3.99. The van der Waals surface area contributed by atoms with Crippen LogP contribution in [0.3, 0.4) is 0 Å². The number of benzene rings is 2. The van der Waals surface area contributed by atoms with Gasteiger partial charge in [0.25, 0.3) is 0 Å². The Morgan fingerprint density at radius 3 is 2.61 bits per heavy atom. The van der Waals surface area contributed by atoms with E-state index >= 15 is 0 Å². The number of carbonyl (C=O) groups is 1. The standard InChI is InChI=1S/C25H28N4O2/c1-15(2)14-29(5)23-12-22-21(9-16(23)3)27-25(30)13-20(26-22)18-7-6-8-19(11-18)24-10-17(4)28-31-24/h6-12,15H,13-14H2,1-5H3,(H,27,30). The quantitative estimate of drug-likeness (QED) is 0.595. The molecule has 0 aliphatic carbocycles. The molecule has 0 bridgehead atoms. The van der Waals surface area contributed by atoms with Crippen molar-refractivity contribution < 1.29 is 9.32 Å². The van der Waals surface area contributed by atoms with Gasteiger partial charge >= 0.3 is 0 Å². The van der Waals surface area contributed by atoms with Crippen molar-refractivity contribution >= 4 is 28.7 Å². The summed E-state index contributed by atoms with van der Waals surface area (Å²) in [4.78, 5) is 19.8. The van der Waals surface area contributed by atoms with Gasteiger partial charge in [0.2, 0.25) is 5.91 Å². The zero-order valence-corrected chi connectivity index (χ0v) is 18.7. The predicted molar refractivity (Wildman–Crippen MR) is 125 cm³/mol. The van der Waals surface area contributed by atoms with Crippen molar-refractivity contribution in [1.82, 2.24) is 5.16 Å². The minimum absolute atomic E-state index is 0.0684. The third-order valence-electron chi connectivity index (χ3n) is 5.33. The van der Waals surface area contributed by atoms with E-state index in [0.29, 0.717) is 11.7 Å². The summed E-state index contributed by atoms with van der Waals surface area (Å²) in [6.45, 7) is 9.31. The van der Waals surface area contributed by atoms with Crippen LogP contribution in [0.5, 0.6) is 0 Å². The van der Waals surface area contributed by atoms with Crippen LogP contribution in [0.4, 0.5) is 17.1 Å². The third-order valence-corrected chi connectivity index (χ3v) is 5.33. The summed E-state index contributed by atoms with van der Waals surface area (Å²) in [5.74, 6) is 1.18. The topological polar surface area (TPSA) is 70.7 Å². The van der Waals surface area contributed by atoms with Crippen LogP contribution >= 0.6 is 0 Å². The fraction of sp³-hybridized carbons (Fsp3) is 0.320. The number of aryl methyl sites for hydroxylation is 2. The van der Waals surface area contributed by atoms with Crippen molar-refractivity contribution in [3.63, 3.8) is 0 Å². The number of hydrogen-bond donors (Lipinski definition) is 1. The van der Waals surface area contributed by atoms with Crippen LogP contribution in [0.1, 0.15) is 37.1 Å². The van der Waals surface area contributed by atoms with Crippen LogP contribution in [0.2, 0.25) is 0 Å². The van der Waals surface area contributed by atoms with Gasteiger partial charge in [-0.05, 0) is 49.1 Å². The Hall–Kier alpha value is -3.41. The molecule has 1 amide bonds. The summed E-state index contributed by atoms with van der Waals surface area (Å²) < 4.78 is 5.41. The van der Waals surface area contributed by atoms with E-state index in [1.807, 2.05) is 43.3 Å². The minimum atomic E-state index is -0.0684. The Morgan fingerprint density at radius 1 is 1.13 bits per heavy atom. The lowest BCUT2D eigenvalue weighted by Gasteiger charge is -2.24. The third kappa shape index (κ3) is 4.53.